The molecule has 2 rings (SSSR count). The van der Waals surface area contributed by atoms with Crippen molar-refractivity contribution in [3.63, 3.8) is 0 Å². The van der Waals surface area contributed by atoms with Crippen molar-refractivity contribution in [3.8, 4) is 0 Å². The second-order valence-electron chi connectivity index (χ2n) is 6.74. The number of rotatable bonds is 5. The predicted molar refractivity (Wildman–Crippen MR) is 88.4 cm³/mol. The third-order valence-electron chi connectivity index (χ3n) is 4.02. The molecule has 1 heterocycles. The lowest BCUT2D eigenvalue weighted by Gasteiger charge is -2.23. The van der Waals surface area contributed by atoms with Crippen molar-refractivity contribution in [1.29, 1.82) is 0 Å². The number of furan rings is 1. The van der Waals surface area contributed by atoms with E-state index in [0.717, 1.165) is 12.2 Å². The zero-order valence-electron chi connectivity index (χ0n) is 13.8. The first-order valence-electron chi connectivity index (χ1n) is 7.81. The van der Waals surface area contributed by atoms with Crippen molar-refractivity contribution >= 4 is 0 Å². The molecule has 0 aliphatic heterocycles. The summed E-state index contributed by atoms with van der Waals surface area (Å²) in [6.45, 7) is 11.1. The highest BCUT2D eigenvalue weighted by Gasteiger charge is 2.17. The maximum Gasteiger partial charge on any atom is 0.120 e. The minimum atomic E-state index is 0.204. The maximum atomic E-state index is 5.52. The highest BCUT2D eigenvalue weighted by molar-refractivity contribution is 5.29. The molecule has 0 radical (unpaired) electrons. The standard InChI is InChI=1S/C19H27NO/c1-6-17(18-8-7-13-21-18)20-14(2)15-9-11-16(12-10-15)19(3,4)5/h7-14,17,20H,6H2,1-5H3. The largest absolute Gasteiger partial charge is 0.468 e. The highest BCUT2D eigenvalue weighted by atomic mass is 16.3. The molecule has 2 unspecified atom stereocenters. The monoisotopic (exact) mass is 285 g/mol. The number of hydrogen-bond donors (Lipinski definition) is 1. The van der Waals surface area contributed by atoms with Crippen LogP contribution in [0.3, 0.4) is 0 Å². The van der Waals surface area contributed by atoms with Gasteiger partial charge in [-0.1, -0.05) is 52.0 Å². The molecule has 2 aromatic rings. The molecular weight excluding hydrogens is 258 g/mol. The molecule has 0 aliphatic rings. The van der Waals surface area contributed by atoms with Crippen LogP contribution in [0.25, 0.3) is 0 Å². The molecule has 2 heteroatoms. The van der Waals surface area contributed by atoms with E-state index in [1.165, 1.54) is 11.1 Å². The van der Waals surface area contributed by atoms with Gasteiger partial charge >= 0.3 is 0 Å². The van der Waals surface area contributed by atoms with Crippen LogP contribution in [0.1, 0.15) is 70.0 Å². The van der Waals surface area contributed by atoms with Gasteiger partial charge < -0.3 is 9.73 Å². The van der Waals surface area contributed by atoms with E-state index in [1.54, 1.807) is 6.26 Å². The molecule has 2 nitrogen and oxygen atoms in total. The second-order valence-corrected chi connectivity index (χ2v) is 6.74. The van der Waals surface area contributed by atoms with E-state index in [0.29, 0.717) is 6.04 Å². The topological polar surface area (TPSA) is 25.2 Å². The van der Waals surface area contributed by atoms with Gasteiger partial charge in [-0.25, -0.2) is 0 Å². The molecule has 0 amide bonds. The van der Waals surface area contributed by atoms with Crippen LogP contribution >= 0.6 is 0 Å². The van der Waals surface area contributed by atoms with E-state index < -0.39 is 0 Å². The van der Waals surface area contributed by atoms with Crippen LogP contribution in [0.5, 0.6) is 0 Å². The zero-order chi connectivity index (χ0) is 15.5. The van der Waals surface area contributed by atoms with Crippen LogP contribution in [-0.4, -0.2) is 0 Å². The average Bonchev–Trinajstić information content (AvgIpc) is 2.97. The Labute approximate surface area is 128 Å². The molecule has 0 fully saturated rings. The van der Waals surface area contributed by atoms with Crippen LogP contribution in [0.2, 0.25) is 0 Å². The van der Waals surface area contributed by atoms with Crippen molar-refractivity contribution in [2.75, 3.05) is 0 Å². The van der Waals surface area contributed by atoms with Gasteiger partial charge in [0.25, 0.3) is 0 Å². The summed E-state index contributed by atoms with van der Waals surface area (Å²) in [6, 6.07) is 13.5. The van der Waals surface area contributed by atoms with Crippen molar-refractivity contribution in [1.82, 2.24) is 5.32 Å². The SMILES string of the molecule is CCC(NC(C)c1ccc(C(C)(C)C)cc1)c1ccco1. The Bertz CT molecular complexity index is 534. The molecular formula is C19H27NO. The van der Waals surface area contributed by atoms with Crippen LogP contribution in [-0.2, 0) is 5.41 Å². The lowest BCUT2D eigenvalue weighted by atomic mass is 9.86. The van der Waals surface area contributed by atoms with Crippen molar-refractivity contribution in [3.05, 3.63) is 59.5 Å². The van der Waals surface area contributed by atoms with E-state index >= 15 is 0 Å². The summed E-state index contributed by atoms with van der Waals surface area (Å²) in [4.78, 5) is 0. The molecule has 0 spiro atoms. The molecule has 0 bridgehead atoms. The molecule has 2 atom stereocenters. The summed E-state index contributed by atoms with van der Waals surface area (Å²) >= 11 is 0. The minimum Gasteiger partial charge on any atom is -0.468 e. The molecule has 0 aliphatic carbocycles. The smallest absolute Gasteiger partial charge is 0.120 e. The first kappa shape index (κ1) is 15.8. The van der Waals surface area contributed by atoms with Gasteiger partial charge in [0, 0.05) is 6.04 Å². The number of hydrogen-bond acceptors (Lipinski definition) is 2. The molecule has 114 valence electrons. The van der Waals surface area contributed by atoms with Gasteiger partial charge in [0.15, 0.2) is 0 Å². The number of nitrogens with one attached hydrogen (secondary N) is 1. The lowest BCUT2D eigenvalue weighted by Crippen LogP contribution is -2.24. The molecule has 1 aromatic carbocycles. The Kier molecular flexibility index (Phi) is 4.89. The molecule has 21 heavy (non-hydrogen) atoms. The van der Waals surface area contributed by atoms with E-state index in [1.807, 2.05) is 12.1 Å². The summed E-state index contributed by atoms with van der Waals surface area (Å²) in [6.07, 6.45) is 2.75. The van der Waals surface area contributed by atoms with Gasteiger partial charge in [0.2, 0.25) is 0 Å². The fourth-order valence-electron chi connectivity index (χ4n) is 2.56. The van der Waals surface area contributed by atoms with E-state index in [-0.39, 0.29) is 11.5 Å². The van der Waals surface area contributed by atoms with Crippen LogP contribution < -0.4 is 5.32 Å². The summed E-state index contributed by atoms with van der Waals surface area (Å²) in [5.41, 5.74) is 2.89. The van der Waals surface area contributed by atoms with E-state index in [9.17, 15) is 0 Å². The van der Waals surface area contributed by atoms with E-state index in [4.69, 9.17) is 4.42 Å². The Balaban J connectivity index is 2.07. The van der Waals surface area contributed by atoms with Gasteiger partial charge in [0.05, 0.1) is 12.3 Å². The third-order valence-corrected chi connectivity index (χ3v) is 4.02. The van der Waals surface area contributed by atoms with Gasteiger partial charge in [-0.05, 0) is 42.0 Å². The number of benzene rings is 1. The Morgan fingerprint density at radius 2 is 1.76 bits per heavy atom. The fraction of sp³-hybridized carbons (Fsp3) is 0.474. The first-order chi connectivity index (χ1) is 9.91. The fourth-order valence-corrected chi connectivity index (χ4v) is 2.56. The maximum absolute atomic E-state index is 5.52. The molecule has 0 saturated heterocycles. The van der Waals surface area contributed by atoms with Crippen LogP contribution in [0, 0.1) is 0 Å². The van der Waals surface area contributed by atoms with Crippen LogP contribution in [0.4, 0.5) is 0 Å². The Morgan fingerprint density at radius 3 is 2.24 bits per heavy atom. The minimum absolute atomic E-state index is 0.204. The lowest BCUT2D eigenvalue weighted by molar-refractivity contribution is 0.376. The molecule has 1 aromatic heterocycles. The predicted octanol–water partition coefficient (Wildman–Crippen LogP) is 5.38. The van der Waals surface area contributed by atoms with Crippen molar-refractivity contribution in [2.24, 2.45) is 0 Å². The molecule has 0 saturated carbocycles. The summed E-state index contributed by atoms with van der Waals surface area (Å²) in [7, 11) is 0. The first-order valence-corrected chi connectivity index (χ1v) is 7.81. The van der Waals surface area contributed by atoms with E-state index in [2.05, 4.69) is 64.2 Å². The summed E-state index contributed by atoms with van der Waals surface area (Å²) in [5.74, 6) is 1.01. The normalized spacial score (nSPS) is 14.9. The van der Waals surface area contributed by atoms with Gasteiger partial charge in [-0.15, -0.1) is 0 Å². The Morgan fingerprint density at radius 1 is 1.10 bits per heavy atom. The van der Waals surface area contributed by atoms with Crippen molar-refractivity contribution in [2.45, 2.75) is 58.5 Å². The Hall–Kier alpha value is -1.54. The van der Waals surface area contributed by atoms with Gasteiger partial charge in [-0.2, -0.15) is 0 Å². The van der Waals surface area contributed by atoms with Crippen molar-refractivity contribution < 1.29 is 4.42 Å². The highest BCUT2D eigenvalue weighted by Crippen LogP contribution is 2.26. The third kappa shape index (κ3) is 3.98. The van der Waals surface area contributed by atoms with Crippen LogP contribution in [0.15, 0.2) is 47.1 Å². The zero-order valence-corrected chi connectivity index (χ0v) is 13.8. The van der Waals surface area contributed by atoms with Gasteiger partial charge in [-0.3, -0.25) is 0 Å². The quantitative estimate of drug-likeness (QED) is 0.798. The summed E-state index contributed by atoms with van der Waals surface area (Å²) < 4.78 is 5.52. The average molecular weight is 285 g/mol. The van der Waals surface area contributed by atoms with Gasteiger partial charge in [0.1, 0.15) is 5.76 Å². The molecule has 1 N–H and O–H groups in total. The summed E-state index contributed by atoms with van der Waals surface area (Å²) in [5, 5.41) is 3.65. The second kappa shape index (κ2) is 6.48.